The molecule has 2 rings (SSSR count). The van der Waals surface area contributed by atoms with Gasteiger partial charge in [0.25, 0.3) is 0 Å². The molecule has 3 N–H and O–H groups in total. The Morgan fingerprint density at radius 2 is 2.20 bits per heavy atom. The zero-order valence-corrected chi connectivity index (χ0v) is 10.2. The Labute approximate surface area is 97.4 Å². The van der Waals surface area contributed by atoms with Crippen molar-refractivity contribution in [2.45, 2.75) is 24.8 Å². The second-order valence-electron chi connectivity index (χ2n) is 4.13. The Hall–Kier alpha value is -0.740. The van der Waals surface area contributed by atoms with Crippen molar-refractivity contribution in [1.29, 1.82) is 0 Å². The molecule has 0 aliphatic heterocycles. The van der Waals surface area contributed by atoms with Crippen LogP contribution >= 0.6 is 15.9 Å². The van der Waals surface area contributed by atoms with Gasteiger partial charge < -0.3 is 15.6 Å². The summed E-state index contributed by atoms with van der Waals surface area (Å²) in [5, 5.41) is 9.95. The van der Waals surface area contributed by atoms with E-state index >= 15 is 0 Å². The molecule has 0 heterocycles. The van der Waals surface area contributed by atoms with E-state index in [9.17, 15) is 5.11 Å². The summed E-state index contributed by atoms with van der Waals surface area (Å²) in [6, 6.07) is 3.76. The molecule has 0 spiro atoms. The number of aromatic hydroxyl groups is 1. The Morgan fingerprint density at radius 1 is 1.53 bits per heavy atom. The van der Waals surface area contributed by atoms with Crippen molar-refractivity contribution in [1.82, 2.24) is 0 Å². The average Bonchev–Trinajstić information content (AvgIpc) is 2.90. The van der Waals surface area contributed by atoms with Gasteiger partial charge in [-0.1, -0.05) is 6.07 Å². The Morgan fingerprint density at radius 3 is 2.73 bits per heavy atom. The highest BCUT2D eigenvalue weighted by atomic mass is 79.9. The summed E-state index contributed by atoms with van der Waals surface area (Å²) < 4.78 is 5.87. The van der Waals surface area contributed by atoms with Crippen molar-refractivity contribution >= 4 is 15.9 Å². The lowest BCUT2D eigenvalue weighted by molar-refractivity contribution is 0.367. The Kier molecular flexibility index (Phi) is 2.64. The molecule has 4 heteroatoms. The largest absolute Gasteiger partial charge is 0.504 e. The van der Waals surface area contributed by atoms with Gasteiger partial charge in [0.15, 0.2) is 11.5 Å². The van der Waals surface area contributed by atoms with Gasteiger partial charge in [0.1, 0.15) is 0 Å². The summed E-state index contributed by atoms with van der Waals surface area (Å²) in [7, 11) is 1.54. The zero-order chi connectivity index (χ0) is 11.1. The molecule has 0 unspecified atom stereocenters. The van der Waals surface area contributed by atoms with Gasteiger partial charge >= 0.3 is 0 Å². The molecule has 1 saturated carbocycles. The van der Waals surface area contributed by atoms with Gasteiger partial charge in [0.2, 0.25) is 0 Å². The summed E-state index contributed by atoms with van der Waals surface area (Å²) >= 11 is 3.32. The second kappa shape index (κ2) is 3.68. The summed E-state index contributed by atoms with van der Waals surface area (Å²) in [5.41, 5.74) is 6.77. The van der Waals surface area contributed by atoms with Crippen LogP contribution in [0.15, 0.2) is 16.6 Å². The number of benzene rings is 1. The van der Waals surface area contributed by atoms with Gasteiger partial charge in [-0.3, -0.25) is 0 Å². The molecule has 0 atom stereocenters. The molecule has 82 valence electrons. The van der Waals surface area contributed by atoms with E-state index in [-0.39, 0.29) is 11.3 Å². The minimum absolute atomic E-state index is 0.101. The molecule has 0 amide bonds. The van der Waals surface area contributed by atoms with Crippen LogP contribution in [0.2, 0.25) is 0 Å². The van der Waals surface area contributed by atoms with E-state index in [4.69, 9.17) is 10.5 Å². The van der Waals surface area contributed by atoms with E-state index in [2.05, 4.69) is 15.9 Å². The number of rotatable bonds is 3. The highest BCUT2D eigenvalue weighted by Crippen LogP contribution is 2.42. The molecule has 0 bridgehead atoms. The molecule has 1 aliphatic rings. The summed E-state index contributed by atoms with van der Waals surface area (Å²) in [6.45, 7) is 0. The molecule has 1 fully saturated rings. The maximum absolute atomic E-state index is 9.95. The van der Waals surface area contributed by atoms with Crippen LogP contribution in [0.3, 0.4) is 0 Å². The number of phenols is 1. The standard InChI is InChI=1S/C11H14BrNO2/c1-15-10-8(12)3-2-7(9(10)14)6-11(13)4-5-11/h2-3,14H,4-6,13H2,1H3. The lowest BCUT2D eigenvalue weighted by Crippen LogP contribution is -2.24. The minimum atomic E-state index is -0.101. The third-order valence-corrected chi connectivity index (χ3v) is 3.43. The first-order valence-electron chi connectivity index (χ1n) is 4.89. The van der Waals surface area contributed by atoms with Crippen molar-refractivity contribution in [3.8, 4) is 11.5 Å². The van der Waals surface area contributed by atoms with E-state index in [1.807, 2.05) is 12.1 Å². The third kappa shape index (κ3) is 2.11. The molecular formula is C11H14BrNO2. The predicted octanol–water partition coefficient (Wildman–Crippen LogP) is 2.20. The molecule has 0 saturated heterocycles. The lowest BCUT2D eigenvalue weighted by atomic mass is 10.0. The molecule has 15 heavy (non-hydrogen) atoms. The highest BCUT2D eigenvalue weighted by molar-refractivity contribution is 9.10. The van der Waals surface area contributed by atoms with Crippen LogP contribution in [0.4, 0.5) is 0 Å². The first-order valence-corrected chi connectivity index (χ1v) is 5.68. The average molecular weight is 272 g/mol. The topological polar surface area (TPSA) is 55.5 Å². The van der Waals surface area contributed by atoms with Crippen LogP contribution in [0, 0.1) is 0 Å². The summed E-state index contributed by atoms with van der Waals surface area (Å²) in [5.74, 6) is 0.681. The maximum Gasteiger partial charge on any atom is 0.174 e. The SMILES string of the molecule is COc1c(Br)ccc(CC2(N)CC2)c1O. The quantitative estimate of drug-likeness (QED) is 0.886. The fourth-order valence-corrected chi connectivity index (χ4v) is 2.12. The van der Waals surface area contributed by atoms with Crippen molar-refractivity contribution in [3.63, 3.8) is 0 Å². The minimum Gasteiger partial charge on any atom is -0.504 e. The predicted molar refractivity (Wildman–Crippen MR) is 62.2 cm³/mol. The van der Waals surface area contributed by atoms with Crippen LogP contribution in [-0.4, -0.2) is 17.8 Å². The molecule has 0 aromatic heterocycles. The maximum atomic E-state index is 9.95. The number of nitrogens with two attached hydrogens (primary N) is 1. The van der Waals surface area contributed by atoms with Gasteiger partial charge in [0.05, 0.1) is 11.6 Å². The van der Waals surface area contributed by atoms with Gasteiger partial charge in [-0.2, -0.15) is 0 Å². The third-order valence-electron chi connectivity index (χ3n) is 2.81. The smallest absolute Gasteiger partial charge is 0.174 e. The molecule has 3 nitrogen and oxygen atoms in total. The molecule has 1 aromatic rings. The van der Waals surface area contributed by atoms with E-state index in [0.29, 0.717) is 12.2 Å². The fraction of sp³-hybridized carbons (Fsp3) is 0.455. The summed E-state index contributed by atoms with van der Waals surface area (Å²) in [4.78, 5) is 0. The van der Waals surface area contributed by atoms with Crippen LogP contribution in [0.5, 0.6) is 11.5 Å². The molecular weight excluding hydrogens is 258 g/mol. The van der Waals surface area contributed by atoms with Crippen molar-refractivity contribution in [2.24, 2.45) is 5.73 Å². The van der Waals surface area contributed by atoms with Crippen LogP contribution < -0.4 is 10.5 Å². The number of methoxy groups -OCH3 is 1. The van der Waals surface area contributed by atoms with Crippen LogP contribution in [-0.2, 0) is 6.42 Å². The highest BCUT2D eigenvalue weighted by Gasteiger charge is 2.38. The van der Waals surface area contributed by atoms with Crippen molar-refractivity contribution in [2.75, 3.05) is 7.11 Å². The number of hydrogen-bond donors (Lipinski definition) is 2. The van der Waals surface area contributed by atoms with Gasteiger partial charge in [-0.05, 0) is 46.8 Å². The van der Waals surface area contributed by atoms with Crippen LogP contribution in [0.25, 0.3) is 0 Å². The van der Waals surface area contributed by atoms with E-state index in [0.717, 1.165) is 22.9 Å². The summed E-state index contributed by atoms with van der Waals surface area (Å²) in [6.07, 6.45) is 2.78. The van der Waals surface area contributed by atoms with Gasteiger partial charge in [-0.25, -0.2) is 0 Å². The number of halogens is 1. The number of phenolic OH excluding ortho intramolecular Hbond substituents is 1. The Balaban J connectivity index is 2.31. The fourth-order valence-electron chi connectivity index (χ4n) is 1.64. The van der Waals surface area contributed by atoms with Gasteiger partial charge in [-0.15, -0.1) is 0 Å². The number of hydrogen-bond acceptors (Lipinski definition) is 3. The van der Waals surface area contributed by atoms with E-state index in [1.165, 1.54) is 0 Å². The molecule has 0 radical (unpaired) electrons. The van der Waals surface area contributed by atoms with Crippen LogP contribution in [0.1, 0.15) is 18.4 Å². The first-order chi connectivity index (χ1) is 7.06. The van der Waals surface area contributed by atoms with Gasteiger partial charge in [0, 0.05) is 5.54 Å². The normalized spacial score (nSPS) is 17.5. The van der Waals surface area contributed by atoms with Crippen molar-refractivity contribution in [3.05, 3.63) is 22.2 Å². The lowest BCUT2D eigenvalue weighted by Gasteiger charge is -2.13. The zero-order valence-electron chi connectivity index (χ0n) is 8.59. The van der Waals surface area contributed by atoms with E-state index in [1.54, 1.807) is 7.11 Å². The second-order valence-corrected chi connectivity index (χ2v) is 4.98. The van der Waals surface area contributed by atoms with E-state index < -0.39 is 0 Å². The molecule has 1 aromatic carbocycles. The monoisotopic (exact) mass is 271 g/mol. The first kappa shape index (κ1) is 10.8. The molecule has 1 aliphatic carbocycles. The Bertz CT molecular complexity index is 388. The van der Waals surface area contributed by atoms with Crippen molar-refractivity contribution < 1.29 is 9.84 Å². The number of ether oxygens (including phenoxy) is 1.